The predicted molar refractivity (Wildman–Crippen MR) is 81.0 cm³/mol. The Labute approximate surface area is 123 Å². The summed E-state index contributed by atoms with van der Waals surface area (Å²) in [6.07, 6.45) is 4.54. The van der Waals surface area contributed by atoms with E-state index >= 15 is 0 Å². The molecule has 0 aliphatic carbocycles. The van der Waals surface area contributed by atoms with Gasteiger partial charge in [0.05, 0.1) is 5.56 Å². The summed E-state index contributed by atoms with van der Waals surface area (Å²) in [5.74, 6) is -0.0113. The topological polar surface area (TPSA) is 75.3 Å². The first-order valence-corrected chi connectivity index (χ1v) is 6.89. The molecule has 108 valence electrons. The highest BCUT2D eigenvalue weighted by atomic mass is 16.2. The molecule has 0 atom stereocenters. The standard InChI is InChI=1S/C15H17N5O/c16-13-2-1-3-14(8-13)19-4-6-20(7-5-19)15(21)12-9-17-11-18-10-12/h1-3,8-11H,4-7,16H2. The van der Waals surface area contributed by atoms with Crippen molar-refractivity contribution < 1.29 is 4.79 Å². The first-order valence-electron chi connectivity index (χ1n) is 6.89. The molecule has 2 heterocycles. The number of aromatic nitrogens is 2. The predicted octanol–water partition coefficient (Wildman–Crippen LogP) is 1.02. The van der Waals surface area contributed by atoms with Crippen molar-refractivity contribution in [1.29, 1.82) is 0 Å². The van der Waals surface area contributed by atoms with Crippen molar-refractivity contribution in [3.8, 4) is 0 Å². The average Bonchev–Trinajstić information content (AvgIpc) is 2.55. The minimum atomic E-state index is -0.0113. The van der Waals surface area contributed by atoms with Crippen molar-refractivity contribution >= 4 is 17.3 Å². The quantitative estimate of drug-likeness (QED) is 0.833. The van der Waals surface area contributed by atoms with Crippen molar-refractivity contribution in [2.24, 2.45) is 0 Å². The number of carbonyl (C=O) groups excluding carboxylic acids is 1. The van der Waals surface area contributed by atoms with E-state index in [1.54, 1.807) is 12.4 Å². The van der Waals surface area contributed by atoms with Gasteiger partial charge in [0, 0.05) is 49.9 Å². The molecule has 1 saturated heterocycles. The molecule has 1 aromatic heterocycles. The summed E-state index contributed by atoms with van der Waals surface area (Å²) < 4.78 is 0. The highest BCUT2D eigenvalue weighted by Gasteiger charge is 2.22. The minimum Gasteiger partial charge on any atom is -0.399 e. The molecular formula is C15H17N5O. The van der Waals surface area contributed by atoms with Crippen LogP contribution < -0.4 is 10.6 Å². The lowest BCUT2D eigenvalue weighted by molar-refractivity contribution is 0.0746. The summed E-state index contributed by atoms with van der Waals surface area (Å²) in [6, 6.07) is 7.82. The zero-order valence-corrected chi connectivity index (χ0v) is 11.6. The van der Waals surface area contributed by atoms with Crippen LogP contribution in [0.25, 0.3) is 0 Å². The first-order chi connectivity index (χ1) is 10.2. The number of nitrogens with two attached hydrogens (primary N) is 1. The maximum Gasteiger partial charge on any atom is 0.257 e. The molecule has 6 heteroatoms. The number of amides is 1. The Morgan fingerprint density at radius 3 is 2.48 bits per heavy atom. The van der Waals surface area contributed by atoms with Gasteiger partial charge in [0.2, 0.25) is 0 Å². The fourth-order valence-electron chi connectivity index (χ4n) is 2.48. The van der Waals surface area contributed by atoms with E-state index in [1.165, 1.54) is 6.33 Å². The molecule has 0 spiro atoms. The van der Waals surface area contributed by atoms with Crippen LogP contribution in [0.3, 0.4) is 0 Å². The van der Waals surface area contributed by atoms with Gasteiger partial charge >= 0.3 is 0 Å². The van der Waals surface area contributed by atoms with Gasteiger partial charge in [-0.15, -0.1) is 0 Å². The molecule has 1 amide bonds. The number of carbonyl (C=O) groups is 1. The summed E-state index contributed by atoms with van der Waals surface area (Å²) in [7, 11) is 0. The van der Waals surface area contributed by atoms with Crippen LogP contribution in [0.15, 0.2) is 43.0 Å². The third-order valence-electron chi connectivity index (χ3n) is 3.61. The number of anilines is 2. The van der Waals surface area contributed by atoms with E-state index in [1.807, 2.05) is 29.2 Å². The van der Waals surface area contributed by atoms with Gasteiger partial charge in [-0.25, -0.2) is 9.97 Å². The average molecular weight is 283 g/mol. The van der Waals surface area contributed by atoms with E-state index < -0.39 is 0 Å². The van der Waals surface area contributed by atoms with Crippen LogP contribution in [0, 0.1) is 0 Å². The largest absolute Gasteiger partial charge is 0.399 e. The maximum atomic E-state index is 12.3. The summed E-state index contributed by atoms with van der Waals surface area (Å²) in [4.78, 5) is 24.2. The number of hydrogen-bond donors (Lipinski definition) is 1. The molecule has 0 bridgehead atoms. The number of nitrogens with zero attached hydrogens (tertiary/aromatic N) is 4. The van der Waals surface area contributed by atoms with Crippen molar-refractivity contribution in [3.63, 3.8) is 0 Å². The van der Waals surface area contributed by atoms with E-state index in [4.69, 9.17) is 5.73 Å². The SMILES string of the molecule is Nc1cccc(N2CCN(C(=O)c3cncnc3)CC2)c1. The summed E-state index contributed by atoms with van der Waals surface area (Å²) in [5, 5.41) is 0. The fraction of sp³-hybridized carbons (Fsp3) is 0.267. The molecule has 0 unspecified atom stereocenters. The normalized spacial score (nSPS) is 15.0. The van der Waals surface area contributed by atoms with Gasteiger partial charge in [-0.05, 0) is 18.2 Å². The summed E-state index contributed by atoms with van der Waals surface area (Å²) >= 11 is 0. The molecule has 6 nitrogen and oxygen atoms in total. The number of hydrogen-bond acceptors (Lipinski definition) is 5. The Balaban J connectivity index is 1.64. The molecule has 1 aliphatic rings. The smallest absolute Gasteiger partial charge is 0.257 e. The lowest BCUT2D eigenvalue weighted by atomic mass is 10.2. The number of benzene rings is 1. The van der Waals surface area contributed by atoms with Gasteiger partial charge in [0.1, 0.15) is 6.33 Å². The van der Waals surface area contributed by atoms with Gasteiger partial charge < -0.3 is 15.5 Å². The van der Waals surface area contributed by atoms with Gasteiger partial charge in [-0.1, -0.05) is 6.07 Å². The molecule has 0 saturated carbocycles. The number of piperazine rings is 1. The zero-order chi connectivity index (χ0) is 14.7. The molecule has 0 radical (unpaired) electrons. The lowest BCUT2D eigenvalue weighted by Crippen LogP contribution is -2.48. The second-order valence-electron chi connectivity index (χ2n) is 5.00. The van der Waals surface area contributed by atoms with E-state index in [0.717, 1.165) is 24.5 Å². The van der Waals surface area contributed by atoms with Crippen LogP contribution in [0.2, 0.25) is 0 Å². The Kier molecular flexibility index (Phi) is 3.68. The fourth-order valence-corrected chi connectivity index (χ4v) is 2.48. The van der Waals surface area contributed by atoms with Crippen molar-refractivity contribution in [3.05, 3.63) is 48.5 Å². The van der Waals surface area contributed by atoms with Crippen LogP contribution in [-0.2, 0) is 0 Å². The Morgan fingerprint density at radius 2 is 1.81 bits per heavy atom. The molecule has 2 N–H and O–H groups in total. The van der Waals surface area contributed by atoms with Crippen LogP contribution in [0.5, 0.6) is 0 Å². The highest BCUT2D eigenvalue weighted by molar-refractivity contribution is 5.93. The summed E-state index contributed by atoms with van der Waals surface area (Å²) in [6.45, 7) is 2.96. The van der Waals surface area contributed by atoms with Gasteiger partial charge in [-0.3, -0.25) is 4.79 Å². The molecule has 1 fully saturated rings. The van der Waals surface area contributed by atoms with Crippen LogP contribution in [0.1, 0.15) is 10.4 Å². The van der Waals surface area contributed by atoms with Crippen molar-refractivity contribution in [1.82, 2.24) is 14.9 Å². The third kappa shape index (κ3) is 2.94. The van der Waals surface area contributed by atoms with Crippen molar-refractivity contribution in [2.75, 3.05) is 36.8 Å². The number of rotatable bonds is 2. The van der Waals surface area contributed by atoms with Crippen molar-refractivity contribution in [2.45, 2.75) is 0 Å². The molecular weight excluding hydrogens is 266 g/mol. The van der Waals surface area contributed by atoms with E-state index in [9.17, 15) is 4.79 Å². The Morgan fingerprint density at radius 1 is 1.10 bits per heavy atom. The minimum absolute atomic E-state index is 0.0113. The highest BCUT2D eigenvalue weighted by Crippen LogP contribution is 2.19. The Bertz CT molecular complexity index is 623. The second kappa shape index (κ2) is 5.78. The summed E-state index contributed by atoms with van der Waals surface area (Å²) in [5.41, 5.74) is 8.21. The molecule has 1 aliphatic heterocycles. The monoisotopic (exact) mass is 283 g/mol. The third-order valence-corrected chi connectivity index (χ3v) is 3.61. The van der Waals surface area contributed by atoms with Gasteiger partial charge in [0.15, 0.2) is 0 Å². The molecule has 2 aromatic rings. The Hall–Kier alpha value is -2.63. The second-order valence-corrected chi connectivity index (χ2v) is 5.00. The van der Waals surface area contributed by atoms with E-state index in [0.29, 0.717) is 18.7 Å². The molecule has 1 aromatic carbocycles. The van der Waals surface area contributed by atoms with Crippen LogP contribution >= 0.6 is 0 Å². The zero-order valence-electron chi connectivity index (χ0n) is 11.6. The van der Waals surface area contributed by atoms with E-state index in [2.05, 4.69) is 14.9 Å². The first kappa shape index (κ1) is 13.4. The molecule has 3 rings (SSSR count). The van der Waals surface area contributed by atoms with Gasteiger partial charge in [-0.2, -0.15) is 0 Å². The van der Waals surface area contributed by atoms with Crippen LogP contribution in [0.4, 0.5) is 11.4 Å². The molecule has 21 heavy (non-hydrogen) atoms. The number of nitrogen functional groups attached to an aromatic ring is 1. The van der Waals surface area contributed by atoms with Gasteiger partial charge in [0.25, 0.3) is 5.91 Å². The van der Waals surface area contributed by atoms with E-state index in [-0.39, 0.29) is 5.91 Å². The van der Waals surface area contributed by atoms with Crippen LogP contribution in [-0.4, -0.2) is 47.0 Å². The lowest BCUT2D eigenvalue weighted by Gasteiger charge is -2.36. The maximum absolute atomic E-state index is 12.3.